The van der Waals surface area contributed by atoms with Crippen molar-refractivity contribution in [3.8, 4) is 11.5 Å². The lowest BCUT2D eigenvalue weighted by Crippen LogP contribution is -2.09. The zero-order valence-electron chi connectivity index (χ0n) is 10.3. The van der Waals surface area contributed by atoms with E-state index in [2.05, 4.69) is 10.2 Å². The van der Waals surface area contributed by atoms with Crippen LogP contribution in [0.4, 0.5) is 0 Å². The Morgan fingerprint density at radius 3 is 2.89 bits per heavy atom. The van der Waals surface area contributed by atoms with Crippen molar-refractivity contribution in [2.45, 2.75) is 23.8 Å². The van der Waals surface area contributed by atoms with Crippen LogP contribution < -0.4 is 0 Å². The molecule has 19 heavy (non-hydrogen) atoms. The molecule has 1 aromatic heterocycles. The Labute approximate surface area is 114 Å². The second-order valence-electron chi connectivity index (χ2n) is 4.25. The lowest BCUT2D eigenvalue weighted by Gasteiger charge is -2.00. The van der Waals surface area contributed by atoms with Gasteiger partial charge in [-0.15, -0.1) is 10.2 Å². The molecule has 2 heterocycles. The molecule has 1 fully saturated rings. The highest BCUT2D eigenvalue weighted by atomic mass is 32.2. The monoisotopic (exact) mass is 276 g/mol. The number of carbonyl (C=O) groups excluding carboxylic acids is 1. The Balaban J connectivity index is 1.80. The first-order valence-electron chi connectivity index (χ1n) is 5.97. The van der Waals surface area contributed by atoms with Gasteiger partial charge in [-0.25, -0.2) is 0 Å². The second kappa shape index (κ2) is 5.05. The fourth-order valence-electron chi connectivity index (χ4n) is 1.89. The molecule has 0 amide bonds. The summed E-state index contributed by atoms with van der Waals surface area (Å²) in [5, 5.41) is 8.17. The smallest absolute Gasteiger partial charge is 0.319 e. The minimum atomic E-state index is -0.231. The Hall–Kier alpha value is -1.82. The van der Waals surface area contributed by atoms with Gasteiger partial charge in [-0.05, 0) is 30.3 Å². The normalized spacial score (nSPS) is 18.6. The van der Waals surface area contributed by atoms with E-state index < -0.39 is 0 Å². The van der Waals surface area contributed by atoms with Crippen LogP contribution in [0.1, 0.15) is 12.0 Å². The fourth-order valence-corrected chi connectivity index (χ4v) is 2.72. The van der Waals surface area contributed by atoms with Crippen LogP contribution in [0.3, 0.4) is 0 Å². The lowest BCUT2D eigenvalue weighted by molar-refractivity contribution is -0.137. The molecule has 5 nitrogen and oxygen atoms in total. The van der Waals surface area contributed by atoms with Gasteiger partial charge in [-0.1, -0.05) is 18.2 Å². The molecule has 1 aromatic carbocycles. The average molecular weight is 276 g/mol. The highest BCUT2D eigenvalue weighted by molar-refractivity contribution is 8.00. The van der Waals surface area contributed by atoms with Gasteiger partial charge in [0.15, 0.2) is 0 Å². The molecule has 1 saturated heterocycles. The summed E-state index contributed by atoms with van der Waals surface area (Å²) < 4.78 is 10.5. The first-order chi connectivity index (χ1) is 9.24. The SMILES string of the molecule is Cc1ccccc1-c1nnc(SC2CCOC2=O)o1. The number of aromatic nitrogens is 2. The summed E-state index contributed by atoms with van der Waals surface area (Å²) in [5.74, 6) is 0.271. The van der Waals surface area contributed by atoms with Gasteiger partial charge in [0.2, 0.25) is 5.89 Å². The molecule has 0 radical (unpaired) electrons. The van der Waals surface area contributed by atoms with Crippen molar-refractivity contribution in [2.24, 2.45) is 0 Å². The van der Waals surface area contributed by atoms with Gasteiger partial charge in [-0.3, -0.25) is 4.79 Å². The van der Waals surface area contributed by atoms with Crippen LogP contribution >= 0.6 is 11.8 Å². The average Bonchev–Trinajstić information content (AvgIpc) is 3.01. The summed E-state index contributed by atoms with van der Waals surface area (Å²) in [6.07, 6.45) is 0.686. The van der Waals surface area contributed by atoms with Crippen molar-refractivity contribution in [3.63, 3.8) is 0 Å². The Bertz CT molecular complexity index is 611. The van der Waals surface area contributed by atoms with E-state index in [0.717, 1.165) is 11.1 Å². The third kappa shape index (κ3) is 2.49. The summed E-state index contributed by atoms with van der Waals surface area (Å²) >= 11 is 1.27. The van der Waals surface area contributed by atoms with E-state index in [-0.39, 0.29) is 11.2 Å². The lowest BCUT2D eigenvalue weighted by atomic mass is 10.1. The van der Waals surface area contributed by atoms with Crippen LogP contribution in [-0.2, 0) is 9.53 Å². The van der Waals surface area contributed by atoms with E-state index in [0.29, 0.717) is 24.1 Å². The first-order valence-corrected chi connectivity index (χ1v) is 6.85. The number of ether oxygens (including phenoxy) is 1. The number of hydrogen-bond acceptors (Lipinski definition) is 6. The van der Waals surface area contributed by atoms with Crippen LogP contribution in [0.5, 0.6) is 0 Å². The van der Waals surface area contributed by atoms with Crippen LogP contribution in [-0.4, -0.2) is 28.0 Å². The van der Waals surface area contributed by atoms with Gasteiger partial charge in [0.05, 0.1) is 6.61 Å². The molecule has 6 heteroatoms. The number of nitrogens with zero attached hydrogens (tertiary/aromatic N) is 2. The van der Waals surface area contributed by atoms with Crippen LogP contribution in [0, 0.1) is 6.92 Å². The fraction of sp³-hybridized carbons (Fsp3) is 0.308. The zero-order chi connectivity index (χ0) is 13.2. The third-order valence-corrected chi connectivity index (χ3v) is 3.99. The number of thioether (sulfide) groups is 1. The van der Waals surface area contributed by atoms with Gasteiger partial charge < -0.3 is 9.15 Å². The third-order valence-electron chi connectivity index (χ3n) is 2.91. The minimum absolute atomic E-state index is 0.208. The van der Waals surface area contributed by atoms with Crippen LogP contribution in [0.15, 0.2) is 33.9 Å². The number of rotatable bonds is 3. The molecular weight excluding hydrogens is 264 g/mol. The molecule has 0 spiro atoms. The minimum Gasteiger partial charge on any atom is -0.465 e. The highest BCUT2D eigenvalue weighted by Crippen LogP contribution is 2.31. The van der Waals surface area contributed by atoms with Crippen molar-refractivity contribution in [3.05, 3.63) is 29.8 Å². The van der Waals surface area contributed by atoms with Crippen molar-refractivity contribution >= 4 is 17.7 Å². The number of esters is 1. The summed E-state index contributed by atoms with van der Waals surface area (Å²) in [6, 6.07) is 7.80. The van der Waals surface area contributed by atoms with E-state index in [9.17, 15) is 4.79 Å². The van der Waals surface area contributed by atoms with Gasteiger partial charge in [0.1, 0.15) is 5.25 Å². The predicted molar refractivity (Wildman–Crippen MR) is 69.7 cm³/mol. The number of cyclic esters (lactones) is 1. The van der Waals surface area contributed by atoms with E-state index in [4.69, 9.17) is 9.15 Å². The Morgan fingerprint density at radius 1 is 1.32 bits per heavy atom. The number of benzene rings is 1. The maximum absolute atomic E-state index is 11.4. The van der Waals surface area contributed by atoms with E-state index >= 15 is 0 Å². The summed E-state index contributed by atoms with van der Waals surface area (Å²) in [5.41, 5.74) is 1.99. The quantitative estimate of drug-likeness (QED) is 0.802. The van der Waals surface area contributed by atoms with Crippen molar-refractivity contribution in [1.82, 2.24) is 10.2 Å². The molecular formula is C13H12N2O3S. The molecule has 1 atom stereocenters. The zero-order valence-corrected chi connectivity index (χ0v) is 11.1. The Morgan fingerprint density at radius 2 is 2.16 bits per heavy atom. The van der Waals surface area contributed by atoms with Crippen LogP contribution in [0.25, 0.3) is 11.5 Å². The summed E-state index contributed by atoms with van der Waals surface area (Å²) in [6.45, 7) is 2.45. The van der Waals surface area contributed by atoms with E-state index in [1.165, 1.54) is 11.8 Å². The predicted octanol–water partition coefficient (Wildman–Crippen LogP) is 2.45. The molecule has 0 N–H and O–H groups in total. The molecule has 1 aliphatic rings. The van der Waals surface area contributed by atoms with Gasteiger partial charge >= 0.3 is 5.97 Å². The van der Waals surface area contributed by atoms with E-state index in [1.54, 1.807) is 0 Å². The van der Waals surface area contributed by atoms with Gasteiger partial charge in [0.25, 0.3) is 5.22 Å². The van der Waals surface area contributed by atoms with E-state index in [1.807, 2.05) is 31.2 Å². The summed E-state index contributed by atoms with van der Waals surface area (Å²) in [7, 11) is 0. The maximum Gasteiger partial charge on any atom is 0.319 e. The standard InChI is InChI=1S/C13H12N2O3S/c1-8-4-2-3-5-9(8)11-14-15-13(18-11)19-10-6-7-17-12(10)16/h2-5,10H,6-7H2,1H3. The van der Waals surface area contributed by atoms with Crippen molar-refractivity contribution in [1.29, 1.82) is 0 Å². The largest absolute Gasteiger partial charge is 0.465 e. The van der Waals surface area contributed by atoms with Gasteiger partial charge in [0, 0.05) is 12.0 Å². The van der Waals surface area contributed by atoms with Gasteiger partial charge in [-0.2, -0.15) is 0 Å². The second-order valence-corrected chi connectivity index (χ2v) is 5.40. The molecule has 0 saturated carbocycles. The molecule has 3 rings (SSSR count). The van der Waals surface area contributed by atoms with Crippen LogP contribution in [0.2, 0.25) is 0 Å². The van der Waals surface area contributed by atoms with Crippen molar-refractivity contribution < 1.29 is 13.9 Å². The number of hydrogen-bond donors (Lipinski definition) is 0. The molecule has 0 bridgehead atoms. The molecule has 1 unspecified atom stereocenters. The number of carbonyl (C=O) groups is 1. The number of aryl methyl sites for hydroxylation is 1. The molecule has 0 aliphatic carbocycles. The molecule has 1 aliphatic heterocycles. The first kappa shape index (κ1) is 12.2. The molecule has 98 valence electrons. The summed E-state index contributed by atoms with van der Waals surface area (Å²) in [4.78, 5) is 11.4. The maximum atomic E-state index is 11.4. The highest BCUT2D eigenvalue weighted by Gasteiger charge is 2.29. The Kier molecular flexibility index (Phi) is 3.25. The van der Waals surface area contributed by atoms with Crippen molar-refractivity contribution in [2.75, 3.05) is 6.61 Å². The topological polar surface area (TPSA) is 65.2 Å². The molecule has 2 aromatic rings.